The Bertz CT molecular complexity index is 328. The molecule has 2 nitrogen and oxygen atoms in total. The SMILES string of the molecule is CCc1cc(N(C)CCCCl)ccc1OC. The van der Waals surface area contributed by atoms with Crippen molar-refractivity contribution in [3.05, 3.63) is 23.8 Å². The molecule has 0 bridgehead atoms. The summed E-state index contributed by atoms with van der Waals surface area (Å²) in [4.78, 5) is 2.22. The van der Waals surface area contributed by atoms with E-state index in [4.69, 9.17) is 16.3 Å². The average molecular weight is 242 g/mol. The predicted octanol–water partition coefficient (Wildman–Crippen LogP) is 3.32. The van der Waals surface area contributed by atoms with Crippen molar-refractivity contribution in [2.24, 2.45) is 0 Å². The van der Waals surface area contributed by atoms with E-state index in [0.717, 1.165) is 25.1 Å². The van der Waals surface area contributed by atoms with Crippen LogP contribution >= 0.6 is 11.6 Å². The van der Waals surface area contributed by atoms with Crippen molar-refractivity contribution < 1.29 is 4.74 Å². The van der Waals surface area contributed by atoms with Gasteiger partial charge in [0.05, 0.1) is 7.11 Å². The zero-order chi connectivity index (χ0) is 12.0. The van der Waals surface area contributed by atoms with Crippen molar-refractivity contribution in [2.75, 3.05) is 31.5 Å². The first-order chi connectivity index (χ1) is 7.72. The molecule has 16 heavy (non-hydrogen) atoms. The van der Waals surface area contributed by atoms with Gasteiger partial charge in [-0.2, -0.15) is 0 Å². The third-order valence-electron chi connectivity index (χ3n) is 2.71. The molecule has 0 unspecified atom stereocenters. The maximum Gasteiger partial charge on any atom is 0.122 e. The Morgan fingerprint density at radius 1 is 1.38 bits per heavy atom. The number of benzene rings is 1. The molecule has 0 fully saturated rings. The number of nitrogens with zero attached hydrogens (tertiary/aromatic N) is 1. The van der Waals surface area contributed by atoms with Crippen LogP contribution in [0.2, 0.25) is 0 Å². The smallest absolute Gasteiger partial charge is 0.122 e. The lowest BCUT2D eigenvalue weighted by Crippen LogP contribution is -2.18. The van der Waals surface area contributed by atoms with Crippen LogP contribution in [0.5, 0.6) is 5.75 Å². The molecule has 0 aliphatic rings. The van der Waals surface area contributed by atoms with Gasteiger partial charge in [0, 0.05) is 25.2 Å². The van der Waals surface area contributed by atoms with Crippen LogP contribution in [-0.2, 0) is 6.42 Å². The largest absolute Gasteiger partial charge is 0.496 e. The molecule has 0 amide bonds. The Kier molecular flexibility index (Phi) is 5.47. The van der Waals surface area contributed by atoms with E-state index < -0.39 is 0 Å². The lowest BCUT2D eigenvalue weighted by atomic mass is 10.1. The number of alkyl halides is 1. The second kappa shape index (κ2) is 6.64. The molecule has 0 atom stereocenters. The van der Waals surface area contributed by atoms with Crippen molar-refractivity contribution in [3.63, 3.8) is 0 Å². The summed E-state index contributed by atoms with van der Waals surface area (Å²) >= 11 is 5.69. The van der Waals surface area contributed by atoms with Gasteiger partial charge in [0.25, 0.3) is 0 Å². The van der Waals surface area contributed by atoms with Gasteiger partial charge in [0.1, 0.15) is 5.75 Å². The minimum Gasteiger partial charge on any atom is -0.496 e. The number of hydrogen-bond acceptors (Lipinski definition) is 2. The molecule has 1 aromatic rings. The maximum absolute atomic E-state index is 5.69. The zero-order valence-electron chi connectivity index (χ0n) is 10.3. The van der Waals surface area contributed by atoms with Gasteiger partial charge >= 0.3 is 0 Å². The van der Waals surface area contributed by atoms with E-state index in [9.17, 15) is 0 Å². The minimum absolute atomic E-state index is 0.709. The molecular formula is C13H20ClNO. The van der Waals surface area contributed by atoms with E-state index >= 15 is 0 Å². The summed E-state index contributed by atoms with van der Waals surface area (Å²) in [7, 11) is 3.80. The topological polar surface area (TPSA) is 12.5 Å². The number of hydrogen-bond donors (Lipinski definition) is 0. The Morgan fingerprint density at radius 2 is 2.12 bits per heavy atom. The van der Waals surface area contributed by atoms with Crippen LogP contribution in [0.25, 0.3) is 0 Å². The molecule has 0 radical (unpaired) electrons. The third kappa shape index (κ3) is 3.31. The average Bonchev–Trinajstić information content (AvgIpc) is 2.34. The lowest BCUT2D eigenvalue weighted by Gasteiger charge is -2.20. The first kappa shape index (κ1) is 13.2. The first-order valence-electron chi connectivity index (χ1n) is 5.67. The summed E-state index contributed by atoms with van der Waals surface area (Å²) < 4.78 is 5.31. The number of methoxy groups -OCH3 is 1. The van der Waals surface area contributed by atoms with E-state index in [0.29, 0.717) is 5.88 Å². The van der Waals surface area contributed by atoms with E-state index in [1.54, 1.807) is 7.11 Å². The summed E-state index contributed by atoms with van der Waals surface area (Å²) in [6, 6.07) is 6.31. The fraction of sp³-hybridized carbons (Fsp3) is 0.538. The Hall–Kier alpha value is -0.890. The highest BCUT2D eigenvalue weighted by Gasteiger charge is 2.05. The van der Waals surface area contributed by atoms with Crippen molar-refractivity contribution in [2.45, 2.75) is 19.8 Å². The fourth-order valence-corrected chi connectivity index (χ4v) is 1.82. The van der Waals surface area contributed by atoms with Crippen LogP contribution in [-0.4, -0.2) is 26.6 Å². The summed E-state index contributed by atoms with van der Waals surface area (Å²) in [5.74, 6) is 1.68. The van der Waals surface area contributed by atoms with Gasteiger partial charge < -0.3 is 9.64 Å². The molecule has 0 spiro atoms. The zero-order valence-corrected chi connectivity index (χ0v) is 11.0. The van der Waals surface area contributed by atoms with Crippen LogP contribution in [0.3, 0.4) is 0 Å². The molecule has 0 saturated carbocycles. The van der Waals surface area contributed by atoms with Crippen molar-refractivity contribution in [1.29, 1.82) is 0 Å². The van der Waals surface area contributed by atoms with Gasteiger partial charge in [0.15, 0.2) is 0 Å². The first-order valence-corrected chi connectivity index (χ1v) is 6.20. The number of ether oxygens (including phenoxy) is 1. The number of halogens is 1. The highest BCUT2D eigenvalue weighted by Crippen LogP contribution is 2.24. The van der Waals surface area contributed by atoms with Crippen LogP contribution in [0, 0.1) is 0 Å². The maximum atomic E-state index is 5.69. The molecule has 1 rings (SSSR count). The van der Waals surface area contributed by atoms with Gasteiger partial charge in [-0.25, -0.2) is 0 Å². The third-order valence-corrected chi connectivity index (χ3v) is 2.98. The number of anilines is 1. The summed E-state index contributed by atoms with van der Waals surface area (Å²) in [6.45, 7) is 3.12. The molecule has 3 heteroatoms. The summed E-state index contributed by atoms with van der Waals surface area (Å²) in [5.41, 5.74) is 2.47. The second-order valence-electron chi connectivity index (χ2n) is 3.81. The fourth-order valence-electron chi connectivity index (χ4n) is 1.70. The summed E-state index contributed by atoms with van der Waals surface area (Å²) in [6.07, 6.45) is 1.99. The molecule has 0 saturated heterocycles. The van der Waals surface area contributed by atoms with Gasteiger partial charge in [-0.15, -0.1) is 11.6 Å². The van der Waals surface area contributed by atoms with Crippen molar-refractivity contribution >= 4 is 17.3 Å². The molecular weight excluding hydrogens is 222 g/mol. The van der Waals surface area contributed by atoms with E-state index in [-0.39, 0.29) is 0 Å². The molecule has 0 aliphatic carbocycles. The van der Waals surface area contributed by atoms with Gasteiger partial charge in [-0.3, -0.25) is 0 Å². The van der Waals surface area contributed by atoms with Crippen LogP contribution in [0.1, 0.15) is 18.9 Å². The molecule has 1 aromatic carbocycles. The van der Waals surface area contributed by atoms with Crippen molar-refractivity contribution in [3.8, 4) is 5.75 Å². The molecule has 0 N–H and O–H groups in total. The predicted molar refractivity (Wildman–Crippen MR) is 71.0 cm³/mol. The molecule has 0 heterocycles. The van der Waals surface area contributed by atoms with Gasteiger partial charge in [-0.1, -0.05) is 6.92 Å². The van der Waals surface area contributed by atoms with E-state index in [1.165, 1.54) is 11.3 Å². The number of rotatable bonds is 6. The van der Waals surface area contributed by atoms with Crippen molar-refractivity contribution in [1.82, 2.24) is 0 Å². The van der Waals surface area contributed by atoms with Crippen LogP contribution in [0.15, 0.2) is 18.2 Å². The van der Waals surface area contributed by atoms with Crippen LogP contribution < -0.4 is 9.64 Å². The van der Waals surface area contributed by atoms with E-state index in [2.05, 4.69) is 31.0 Å². The summed E-state index contributed by atoms with van der Waals surface area (Å²) in [5, 5.41) is 0. The quantitative estimate of drug-likeness (QED) is 0.709. The highest BCUT2D eigenvalue weighted by molar-refractivity contribution is 6.17. The molecule has 90 valence electrons. The normalized spacial score (nSPS) is 10.2. The second-order valence-corrected chi connectivity index (χ2v) is 4.19. The lowest BCUT2D eigenvalue weighted by molar-refractivity contribution is 0.410. The Labute approximate surface area is 103 Å². The van der Waals surface area contributed by atoms with E-state index in [1.807, 2.05) is 6.07 Å². The standard InChI is InChI=1S/C13H20ClNO/c1-4-11-10-12(6-7-13(11)16-3)15(2)9-5-8-14/h6-7,10H,4-5,8-9H2,1-3H3. The minimum atomic E-state index is 0.709. The monoisotopic (exact) mass is 241 g/mol. The highest BCUT2D eigenvalue weighted by atomic mass is 35.5. The van der Waals surface area contributed by atoms with Crippen LogP contribution in [0.4, 0.5) is 5.69 Å². The Balaban J connectivity index is 2.81. The Morgan fingerprint density at radius 3 is 2.69 bits per heavy atom. The van der Waals surface area contributed by atoms with Gasteiger partial charge in [0.2, 0.25) is 0 Å². The van der Waals surface area contributed by atoms with Gasteiger partial charge in [-0.05, 0) is 36.6 Å². The molecule has 0 aromatic heterocycles. The number of aryl methyl sites for hydroxylation is 1. The molecule has 0 aliphatic heterocycles.